The second-order valence-electron chi connectivity index (χ2n) is 3.56. The molecule has 0 amide bonds. The molecule has 1 aromatic heterocycles. The third-order valence-corrected chi connectivity index (χ3v) is 3.09. The molecule has 2 atom stereocenters. The van der Waals surface area contributed by atoms with Crippen LogP contribution in [0.2, 0.25) is 0 Å². The molecule has 0 fully saturated rings. The molecule has 0 aromatic carbocycles. The lowest BCUT2D eigenvalue weighted by molar-refractivity contribution is 0.0695. The van der Waals surface area contributed by atoms with Crippen LogP contribution in [0, 0.1) is 0 Å². The number of nitrogens with zero attached hydrogens (tertiary/aromatic N) is 1. The van der Waals surface area contributed by atoms with Crippen molar-refractivity contribution in [1.82, 2.24) is 4.57 Å². The van der Waals surface area contributed by atoms with Crippen LogP contribution in [0.5, 0.6) is 0 Å². The van der Waals surface area contributed by atoms with Crippen molar-refractivity contribution in [2.45, 2.75) is 13.0 Å². The first kappa shape index (κ1) is 12.6. The molecule has 1 aromatic rings. The average Bonchev–Trinajstić information content (AvgIpc) is 2.16. The van der Waals surface area contributed by atoms with Crippen molar-refractivity contribution in [3.05, 3.63) is 34.2 Å². The number of hydrogen-bond acceptors (Lipinski definition) is 3. The molecule has 5 nitrogen and oxygen atoms in total. The maximum absolute atomic E-state index is 11.5. The van der Waals surface area contributed by atoms with E-state index in [-0.39, 0.29) is 17.2 Å². The summed E-state index contributed by atoms with van der Waals surface area (Å²) < 4.78 is 12.3. The number of rotatable bonds is 4. The molecule has 1 heterocycles. The zero-order chi connectivity index (χ0) is 12.3. The van der Waals surface area contributed by atoms with Crippen LogP contribution in [0.1, 0.15) is 23.3 Å². The van der Waals surface area contributed by atoms with Gasteiger partial charge in [0.25, 0.3) is 5.56 Å². The molecule has 2 unspecified atom stereocenters. The van der Waals surface area contributed by atoms with Gasteiger partial charge in [0.1, 0.15) is 0 Å². The van der Waals surface area contributed by atoms with Gasteiger partial charge in [-0.15, -0.1) is 0 Å². The minimum Gasteiger partial charge on any atom is -0.478 e. The Bertz CT molecular complexity index is 480. The summed E-state index contributed by atoms with van der Waals surface area (Å²) in [6, 6.07) is 2.19. The fraction of sp³-hybridized carbons (Fsp3) is 0.400. The third kappa shape index (κ3) is 3.03. The van der Waals surface area contributed by atoms with E-state index in [1.165, 1.54) is 22.9 Å². The van der Waals surface area contributed by atoms with Gasteiger partial charge < -0.3 is 9.67 Å². The molecule has 0 radical (unpaired) electrons. The highest BCUT2D eigenvalue weighted by Gasteiger charge is 2.11. The third-order valence-electron chi connectivity index (χ3n) is 2.14. The molecule has 88 valence electrons. The monoisotopic (exact) mass is 243 g/mol. The van der Waals surface area contributed by atoms with Crippen LogP contribution < -0.4 is 5.56 Å². The van der Waals surface area contributed by atoms with E-state index < -0.39 is 16.8 Å². The first-order chi connectivity index (χ1) is 7.41. The van der Waals surface area contributed by atoms with Crippen molar-refractivity contribution in [3.63, 3.8) is 0 Å². The predicted octanol–water partition coefficient (Wildman–Crippen LogP) is 0.486. The molecule has 0 saturated heterocycles. The lowest BCUT2D eigenvalue weighted by atomic mass is 10.2. The van der Waals surface area contributed by atoms with Gasteiger partial charge in [0.2, 0.25) is 0 Å². The molecule has 0 aliphatic rings. The molecular weight excluding hydrogens is 230 g/mol. The van der Waals surface area contributed by atoms with Gasteiger partial charge in [-0.25, -0.2) is 4.79 Å². The molecular formula is C10H13NO4S. The van der Waals surface area contributed by atoms with Crippen molar-refractivity contribution in [2.24, 2.45) is 0 Å². The topological polar surface area (TPSA) is 76.4 Å². The Morgan fingerprint density at radius 1 is 1.56 bits per heavy atom. The first-order valence-corrected chi connectivity index (χ1v) is 6.40. The summed E-state index contributed by atoms with van der Waals surface area (Å²) in [5.41, 5.74) is -0.240. The fourth-order valence-electron chi connectivity index (χ4n) is 1.39. The molecule has 6 heteroatoms. The predicted molar refractivity (Wildman–Crippen MR) is 61.3 cm³/mol. The summed E-state index contributed by atoms with van der Waals surface area (Å²) in [5, 5.41) is 8.79. The van der Waals surface area contributed by atoms with E-state index >= 15 is 0 Å². The minimum atomic E-state index is -1.08. The van der Waals surface area contributed by atoms with Gasteiger partial charge in [0.05, 0.1) is 5.56 Å². The summed E-state index contributed by atoms with van der Waals surface area (Å²) in [5.74, 6) is -0.762. The number of aromatic carboxylic acids is 1. The Balaban J connectivity index is 3.11. The summed E-state index contributed by atoms with van der Waals surface area (Å²) in [7, 11) is -1.03. The van der Waals surface area contributed by atoms with Crippen LogP contribution in [-0.2, 0) is 10.8 Å². The second-order valence-corrected chi connectivity index (χ2v) is 5.04. The maximum Gasteiger partial charge on any atom is 0.337 e. The molecule has 0 saturated carbocycles. The normalized spacial score (nSPS) is 14.4. The van der Waals surface area contributed by atoms with Gasteiger partial charge in [-0.2, -0.15) is 0 Å². The van der Waals surface area contributed by atoms with E-state index in [1.54, 1.807) is 13.2 Å². The van der Waals surface area contributed by atoms with Gasteiger partial charge in [0.15, 0.2) is 0 Å². The van der Waals surface area contributed by atoms with E-state index in [1.807, 2.05) is 0 Å². The van der Waals surface area contributed by atoms with Gasteiger partial charge in [-0.05, 0) is 13.0 Å². The summed E-state index contributed by atoms with van der Waals surface area (Å²) in [4.78, 5) is 22.2. The zero-order valence-corrected chi connectivity index (χ0v) is 9.86. The van der Waals surface area contributed by atoms with Crippen molar-refractivity contribution in [2.75, 3.05) is 12.0 Å². The van der Waals surface area contributed by atoms with Crippen LogP contribution in [0.25, 0.3) is 0 Å². The van der Waals surface area contributed by atoms with Gasteiger partial charge in [-0.1, -0.05) is 0 Å². The Labute approximate surface area is 95.2 Å². The van der Waals surface area contributed by atoms with E-state index in [2.05, 4.69) is 0 Å². The first-order valence-electron chi connectivity index (χ1n) is 4.67. The Morgan fingerprint density at radius 3 is 2.69 bits per heavy atom. The number of hydrogen-bond donors (Lipinski definition) is 1. The van der Waals surface area contributed by atoms with Gasteiger partial charge in [0, 0.05) is 41.1 Å². The van der Waals surface area contributed by atoms with Crippen LogP contribution in [0.3, 0.4) is 0 Å². The standard InChI is InChI=1S/C10H13NO4S/c1-7(6-16(2)15)11-5-8(10(13)14)3-4-9(11)12/h3-5,7H,6H2,1-2H3,(H,13,14). The lowest BCUT2D eigenvalue weighted by Gasteiger charge is -2.13. The Kier molecular flexibility index (Phi) is 4.00. The van der Waals surface area contributed by atoms with E-state index in [4.69, 9.17) is 5.11 Å². The molecule has 0 spiro atoms. The molecule has 0 aliphatic carbocycles. The van der Waals surface area contributed by atoms with Crippen molar-refractivity contribution in [1.29, 1.82) is 0 Å². The largest absolute Gasteiger partial charge is 0.478 e. The average molecular weight is 243 g/mol. The van der Waals surface area contributed by atoms with Crippen molar-refractivity contribution in [3.8, 4) is 0 Å². The smallest absolute Gasteiger partial charge is 0.337 e. The lowest BCUT2D eigenvalue weighted by Crippen LogP contribution is -2.26. The summed E-state index contributed by atoms with van der Waals surface area (Å²) in [6.07, 6.45) is 2.82. The number of carbonyl (C=O) groups is 1. The van der Waals surface area contributed by atoms with Crippen LogP contribution >= 0.6 is 0 Å². The SMILES string of the molecule is CC(CS(C)=O)n1cc(C(=O)O)ccc1=O. The van der Waals surface area contributed by atoms with Crippen molar-refractivity contribution < 1.29 is 14.1 Å². The van der Waals surface area contributed by atoms with E-state index in [0.29, 0.717) is 5.75 Å². The fourth-order valence-corrected chi connectivity index (χ4v) is 2.23. The van der Waals surface area contributed by atoms with Crippen LogP contribution in [0.4, 0.5) is 0 Å². The molecule has 16 heavy (non-hydrogen) atoms. The Hall–Kier alpha value is -1.43. The summed E-state index contributed by atoms with van der Waals surface area (Å²) in [6.45, 7) is 1.73. The van der Waals surface area contributed by atoms with E-state index in [0.717, 1.165) is 0 Å². The van der Waals surface area contributed by atoms with Crippen LogP contribution in [0.15, 0.2) is 23.1 Å². The quantitative estimate of drug-likeness (QED) is 0.834. The maximum atomic E-state index is 11.5. The second kappa shape index (κ2) is 5.07. The number of pyridine rings is 1. The Morgan fingerprint density at radius 2 is 2.19 bits per heavy atom. The number of aromatic nitrogens is 1. The highest BCUT2D eigenvalue weighted by Crippen LogP contribution is 2.05. The number of carboxylic acid groups (broad SMARTS) is 1. The molecule has 0 aliphatic heterocycles. The minimum absolute atomic E-state index is 0.0494. The zero-order valence-electron chi connectivity index (χ0n) is 9.04. The molecule has 1 N–H and O–H groups in total. The van der Waals surface area contributed by atoms with Gasteiger partial charge in [-0.3, -0.25) is 9.00 Å². The number of carboxylic acids is 1. The molecule has 1 rings (SSSR count). The van der Waals surface area contributed by atoms with Crippen LogP contribution in [-0.4, -0.2) is 31.9 Å². The highest BCUT2D eigenvalue weighted by molar-refractivity contribution is 7.84. The van der Waals surface area contributed by atoms with Crippen molar-refractivity contribution >= 4 is 16.8 Å². The van der Waals surface area contributed by atoms with Gasteiger partial charge >= 0.3 is 5.97 Å². The summed E-state index contributed by atoms with van der Waals surface area (Å²) >= 11 is 0. The van der Waals surface area contributed by atoms with E-state index in [9.17, 15) is 13.8 Å². The molecule has 0 bridgehead atoms. The highest BCUT2D eigenvalue weighted by atomic mass is 32.2.